The van der Waals surface area contributed by atoms with E-state index in [2.05, 4.69) is 26.8 Å². The van der Waals surface area contributed by atoms with Crippen LogP contribution in [-0.4, -0.2) is 50.0 Å². The number of H-pyrrole nitrogens is 3. The lowest BCUT2D eigenvalue weighted by atomic mass is 9.85. The van der Waals surface area contributed by atoms with E-state index in [0.717, 1.165) is 50.9 Å². The van der Waals surface area contributed by atoms with Crippen LogP contribution < -0.4 is 16.0 Å². The number of aliphatic carboxylic acids is 1. The van der Waals surface area contributed by atoms with Gasteiger partial charge in [-0.2, -0.15) is 0 Å². The molecule has 0 unspecified atom stereocenters. The highest BCUT2D eigenvalue weighted by Crippen LogP contribution is 2.48. The molecule has 0 spiro atoms. The number of methoxy groups -OCH3 is 1. The molecule has 0 amide bonds. The van der Waals surface area contributed by atoms with Crippen molar-refractivity contribution in [3.63, 3.8) is 0 Å². The van der Waals surface area contributed by atoms with Crippen LogP contribution in [0.25, 0.3) is 36.0 Å². The molecule has 8 bridgehead atoms. The second-order valence-corrected chi connectivity index (χ2v) is 11.9. The van der Waals surface area contributed by atoms with E-state index < -0.39 is 17.9 Å². The molecule has 0 aromatic carbocycles. The summed E-state index contributed by atoms with van der Waals surface area (Å²) in [5.41, 5.74) is 9.49. The minimum Gasteiger partial charge on any atom is -0.516 e. The zero-order chi connectivity index (χ0) is 32.3. The molecule has 1 fully saturated rings. The largest absolute Gasteiger partial charge is 0.516 e. The molecule has 6 N–H and O–H groups in total. The van der Waals surface area contributed by atoms with Crippen molar-refractivity contribution in [2.45, 2.75) is 40.5 Å². The van der Waals surface area contributed by atoms with Crippen LogP contribution in [0.4, 0.5) is 0 Å². The number of carboxylic acids is 1. The van der Waals surface area contributed by atoms with Gasteiger partial charge >= 0.3 is 11.9 Å². The lowest BCUT2D eigenvalue weighted by molar-refractivity contribution is -0.142. The number of esters is 1. The number of carbonyl (C=O) groups excluding carboxylic acids is 2. The van der Waals surface area contributed by atoms with Crippen LogP contribution in [-0.2, 0) is 14.3 Å². The number of fused-ring (bicyclic) bond motifs is 7. The first kappa shape index (κ1) is 29.8. The molecule has 0 saturated carbocycles. The van der Waals surface area contributed by atoms with Crippen LogP contribution in [0.3, 0.4) is 0 Å². The van der Waals surface area contributed by atoms with Crippen molar-refractivity contribution in [1.82, 2.24) is 20.3 Å². The predicted molar refractivity (Wildman–Crippen MR) is 172 cm³/mol. The van der Waals surface area contributed by atoms with Gasteiger partial charge in [0.25, 0.3) is 0 Å². The molecule has 5 heterocycles. The molecule has 2 aliphatic heterocycles. The first-order valence-corrected chi connectivity index (χ1v) is 14.9. The minimum atomic E-state index is -1.20. The number of aromatic nitrogens is 3. The Morgan fingerprint density at radius 3 is 2.36 bits per heavy atom. The average Bonchev–Trinajstić information content (AvgIpc) is 3.74. The van der Waals surface area contributed by atoms with Gasteiger partial charge in [-0.25, -0.2) is 0 Å². The first-order valence-electron chi connectivity index (χ1n) is 14.9. The second kappa shape index (κ2) is 11.0. The summed E-state index contributed by atoms with van der Waals surface area (Å²) >= 11 is 0. The third kappa shape index (κ3) is 4.59. The van der Waals surface area contributed by atoms with E-state index in [9.17, 15) is 24.6 Å². The maximum absolute atomic E-state index is 14.0. The molecular weight excluding hydrogens is 572 g/mol. The standard InChI is InChI=1S/C35H36N4O6/c1-7-19-15(2)22-12-24-17(4)21(8-9-28(41)42)32(38-24)30-31(35(44)45-6)34(43)29-18(5)25(39-33(29)30)14-27-20(10-11-40)16(3)23(37-27)13-26(19)36-22/h7,10-14,17,21,31,36-40H,1,8-9H2,2-6H3,(H,41,42)/b11-10+,23-13-,24-12-,27-14-,32-30-/t17-,21-,31+/m0/s1. The summed E-state index contributed by atoms with van der Waals surface area (Å²) in [5.74, 6) is -3.62. The molecule has 45 heavy (non-hydrogen) atoms. The summed E-state index contributed by atoms with van der Waals surface area (Å²) in [4.78, 5) is 49.4. The SMILES string of the molecule is C=Cc1c2[nH]c(c1C)/C=C1\N/C(=C3\c4[nH]c(c(C)c4C(=O)[C@@H]3C(=O)OC)/C=c3\[nH]/c(c(C)c3/C=C/O)=C\2)[C@@H](CCC(=O)O)[C@@H]1C. The number of carbonyl (C=O) groups is 3. The fourth-order valence-corrected chi connectivity index (χ4v) is 7.08. The fourth-order valence-electron chi connectivity index (χ4n) is 7.08. The lowest BCUT2D eigenvalue weighted by Crippen LogP contribution is -2.25. The maximum Gasteiger partial charge on any atom is 0.321 e. The normalized spacial score (nSPS) is 24.4. The molecule has 1 aliphatic carbocycles. The number of nitrogens with one attached hydrogen (secondary N) is 4. The third-order valence-electron chi connectivity index (χ3n) is 9.55. The highest BCUT2D eigenvalue weighted by molar-refractivity contribution is 6.24. The highest BCUT2D eigenvalue weighted by Gasteiger charge is 2.48. The van der Waals surface area contributed by atoms with Gasteiger partial charge < -0.3 is 35.2 Å². The molecule has 3 aromatic heterocycles. The number of allylic oxidation sites excluding steroid dienone is 2. The Labute approximate surface area is 259 Å². The summed E-state index contributed by atoms with van der Waals surface area (Å²) in [6.07, 6.45) is 10.5. The number of aromatic amines is 3. The summed E-state index contributed by atoms with van der Waals surface area (Å²) < 4.78 is 5.13. The Morgan fingerprint density at radius 2 is 1.69 bits per heavy atom. The molecular formula is C35H36N4O6. The number of hydrogen-bond donors (Lipinski definition) is 6. The van der Waals surface area contributed by atoms with Crippen molar-refractivity contribution in [3.05, 3.63) is 91.1 Å². The zero-order valence-corrected chi connectivity index (χ0v) is 25.8. The summed E-state index contributed by atoms with van der Waals surface area (Å²) in [5, 5.41) is 24.4. The van der Waals surface area contributed by atoms with Crippen LogP contribution in [0, 0.1) is 38.5 Å². The van der Waals surface area contributed by atoms with Gasteiger partial charge in [-0.05, 0) is 68.2 Å². The third-order valence-corrected chi connectivity index (χ3v) is 9.55. The Bertz CT molecular complexity index is 2030. The number of Topliss-reactive ketones (excluding diaryl/α,β-unsaturated/α-hetero) is 1. The van der Waals surface area contributed by atoms with Gasteiger partial charge in [0, 0.05) is 79.7 Å². The number of aliphatic hydroxyl groups is 1. The van der Waals surface area contributed by atoms with E-state index >= 15 is 0 Å². The molecule has 232 valence electrons. The number of aliphatic hydroxyl groups excluding tert-OH is 1. The van der Waals surface area contributed by atoms with Crippen molar-refractivity contribution in [2.24, 2.45) is 17.8 Å². The van der Waals surface area contributed by atoms with Gasteiger partial charge in [-0.3, -0.25) is 14.4 Å². The van der Waals surface area contributed by atoms with Gasteiger partial charge in [0.05, 0.1) is 19.1 Å². The van der Waals surface area contributed by atoms with Gasteiger partial charge in [-0.15, -0.1) is 0 Å². The molecule has 0 radical (unpaired) electrons. The summed E-state index contributed by atoms with van der Waals surface area (Å²) in [6, 6.07) is 0. The molecule has 6 rings (SSSR count). The van der Waals surface area contributed by atoms with E-state index in [1.54, 1.807) is 12.2 Å². The minimum absolute atomic E-state index is 0.0795. The highest BCUT2D eigenvalue weighted by atomic mass is 16.5. The van der Waals surface area contributed by atoms with Crippen LogP contribution in [0.5, 0.6) is 0 Å². The van der Waals surface area contributed by atoms with Gasteiger partial charge in [0.2, 0.25) is 0 Å². The number of hydrogen-bond acceptors (Lipinski definition) is 6. The van der Waals surface area contributed by atoms with Crippen LogP contribution in [0.1, 0.15) is 80.7 Å². The van der Waals surface area contributed by atoms with Crippen molar-refractivity contribution in [2.75, 3.05) is 7.11 Å². The Hall–Kier alpha value is -5.25. The molecule has 3 aliphatic rings. The quantitative estimate of drug-likeness (QED) is 0.139. The first-order chi connectivity index (χ1) is 21.5. The van der Waals surface area contributed by atoms with E-state index in [4.69, 9.17) is 4.74 Å². The van der Waals surface area contributed by atoms with E-state index in [1.807, 2.05) is 45.9 Å². The lowest BCUT2D eigenvalue weighted by Gasteiger charge is -2.19. The molecule has 3 atom stereocenters. The van der Waals surface area contributed by atoms with E-state index in [-0.39, 0.29) is 24.0 Å². The van der Waals surface area contributed by atoms with Crippen LogP contribution >= 0.6 is 0 Å². The average molecular weight is 609 g/mol. The van der Waals surface area contributed by atoms with Crippen molar-refractivity contribution in [3.8, 4) is 0 Å². The fraction of sp³-hybridized carbons (Fsp3) is 0.286. The topological polar surface area (TPSA) is 160 Å². The Morgan fingerprint density at radius 1 is 0.978 bits per heavy atom. The summed E-state index contributed by atoms with van der Waals surface area (Å²) in [6.45, 7) is 11.9. The monoisotopic (exact) mass is 608 g/mol. The Kier molecular flexibility index (Phi) is 7.31. The van der Waals surface area contributed by atoms with E-state index in [0.29, 0.717) is 45.6 Å². The molecule has 3 aromatic rings. The molecule has 10 nitrogen and oxygen atoms in total. The van der Waals surface area contributed by atoms with Crippen molar-refractivity contribution in [1.29, 1.82) is 0 Å². The zero-order valence-electron chi connectivity index (χ0n) is 25.8. The Balaban J connectivity index is 1.74. The van der Waals surface area contributed by atoms with Crippen molar-refractivity contribution < 1.29 is 29.3 Å². The smallest absolute Gasteiger partial charge is 0.321 e. The number of carboxylic acid groups (broad SMARTS) is 1. The van der Waals surface area contributed by atoms with Gasteiger partial charge in [-0.1, -0.05) is 19.6 Å². The second-order valence-electron chi connectivity index (χ2n) is 11.9. The van der Waals surface area contributed by atoms with Crippen LogP contribution in [0.2, 0.25) is 0 Å². The van der Waals surface area contributed by atoms with Gasteiger partial charge in [0.1, 0.15) is 5.92 Å². The van der Waals surface area contributed by atoms with Gasteiger partial charge in [0.15, 0.2) is 5.78 Å². The maximum atomic E-state index is 14.0. The number of ketones is 1. The molecule has 10 heteroatoms. The number of rotatable bonds is 6. The van der Waals surface area contributed by atoms with Crippen LogP contribution in [0.15, 0.2) is 24.2 Å². The summed E-state index contributed by atoms with van der Waals surface area (Å²) in [7, 11) is 1.26. The van der Waals surface area contributed by atoms with E-state index in [1.165, 1.54) is 7.11 Å². The molecule has 1 saturated heterocycles. The van der Waals surface area contributed by atoms with Crippen molar-refractivity contribution >= 4 is 53.7 Å². The predicted octanol–water partition coefficient (Wildman–Crippen LogP) is 4.20. The number of ether oxygens (including phenoxy) is 1.